The van der Waals surface area contributed by atoms with Gasteiger partial charge >= 0.3 is 18.2 Å². The number of carbonyl (C=O) groups is 3. The Labute approximate surface area is 164 Å². The van der Waals surface area contributed by atoms with Crippen LogP contribution in [0.3, 0.4) is 0 Å². The minimum Gasteiger partial charge on any atom is -0.480 e. The van der Waals surface area contributed by atoms with Crippen LogP contribution in [0.5, 0.6) is 0 Å². The molecule has 0 saturated heterocycles. The Morgan fingerprint density at radius 2 is 1.24 bits per heavy atom. The van der Waals surface area contributed by atoms with Gasteiger partial charge in [-0.3, -0.25) is 30.5 Å². The van der Waals surface area contributed by atoms with Gasteiger partial charge in [0.25, 0.3) is 0 Å². The van der Waals surface area contributed by atoms with E-state index < -0.39 is 41.6 Å². The standard InChI is InChI=1S/C13H25N3O13/c17-11(18)10(14-12(19)25-5-1-3-7-28-15(21)22)9-27-13(20)26-6-2-4-8-29-16(23)24/h10,21-24H,1-9H2,(H,14,19)(H,17,18). The third-order valence-electron chi connectivity index (χ3n) is 2.90. The van der Waals surface area contributed by atoms with Gasteiger partial charge in [0.1, 0.15) is 6.61 Å². The van der Waals surface area contributed by atoms with E-state index in [9.17, 15) is 14.4 Å². The predicted molar refractivity (Wildman–Crippen MR) is 84.4 cm³/mol. The first-order valence-electron chi connectivity index (χ1n) is 8.29. The van der Waals surface area contributed by atoms with Crippen LogP contribution in [-0.2, 0) is 28.7 Å². The fourth-order valence-corrected chi connectivity index (χ4v) is 1.57. The normalized spacial score (nSPS) is 11.9. The zero-order valence-corrected chi connectivity index (χ0v) is 15.3. The summed E-state index contributed by atoms with van der Waals surface area (Å²) < 4.78 is 14.0. The van der Waals surface area contributed by atoms with E-state index in [1.807, 2.05) is 5.32 Å². The third-order valence-corrected chi connectivity index (χ3v) is 2.90. The number of rotatable bonds is 16. The largest absolute Gasteiger partial charge is 0.508 e. The van der Waals surface area contributed by atoms with E-state index in [1.165, 1.54) is 0 Å². The molecule has 1 unspecified atom stereocenters. The second-order valence-electron chi connectivity index (χ2n) is 5.17. The zero-order chi connectivity index (χ0) is 22.1. The van der Waals surface area contributed by atoms with E-state index >= 15 is 0 Å². The van der Waals surface area contributed by atoms with E-state index in [0.717, 1.165) is 0 Å². The van der Waals surface area contributed by atoms with E-state index in [-0.39, 0.29) is 26.4 Å². The Kier molecular flexibility index (Phi) is 15.3. The van der Waals surface area contributed by atoms with Crippen LogP contribution in [0.2, 0.25) is 0 Å². The molecule has 0 rings (SSSR count). The van der Waals surface area contributed by atoms with Crippen molar-refractivity contribution in [2.75, 3.05) is 33.0 Å². The highest BCUT2D eigenvalue weighted by molar-refractivity contribution is 5.80. The number of carbonyl (C=O) groups excluding carboxylic acids is 2. The van der Waals surface area contributed by atoms with Crippen molar-refractivity contribution in [2.45, 2.75) is 31.7 Å². The molecular weight excluding hydrogens is 406 g/mol. The number of hydrogen-bond donors (Lipinski definition) is 6. The Bertz CT molecular complexity index is 477. The van der Waals surface area contributed by atoms with E-state index in [1.54, 1.807) is 0 Å². The first-order valence-corrected chi connectivity index (χ1v) is 8.29. The molecule has 0 saturated carbocycles. The van der Waals surface area contributed by atoms with Crippen molar-refractivity contribution in [1.29, 1.82) is 0 Å². The van der Waals surface area contributed by atoms with E-state index in [0.29, 0.717) is 25.7 Å². The molecular formula is C13H25N3O13. The molecule has 170 valence electrons. The molecule has 1 atom stereocenters. The highest BCUT2D eigenvalue weighted by atomic mass is 17.1. The maximum Gasteiger partial charge on any atom is 0.508 e. The third kappa shape index (κ3) is 17.5. The van der Waals surface area contributed by atoms with Crippen LogP contribution in [0.15, 0.2) is 0 Å². The number of hydrogen-bond acceptors (Lipinski definition) is 14. The minimum absolute atomic E-state index is 0.0349. The summed E-state index contributed by atoms with van der Waals surface area (Å²) in [7, 11) is 0. The SMILES string of the molecule is O=C(NC(COC(=O)OCCCCON(O)O)C(=O)O)OCCCCON(O)O. The Morgan fingerprint density at radius 3 is 1.72 bits per heavy atom. The summed E-state index contributed by atoms with van der Waals surface area (Å²) in [5, 5.41) is 43.2. The Balaban J connectivity index is 3.91. The van der Waals surface area contributed by atoms with Crippen molar-refractivity contribution in [3.05, 3.63) is 0 Å². The van der Waals surface area contributed by atoms with Gasteiger partial charge in [0.05, 0.1) is 37.2 Å². The topological polar surface area (TPSA) is 217 Å². The van der Waals surface area contributed by atoms with Crippen LogP contribution in [0, 0.1) is 0 Å². The maximum atomic E-state index is 11.5. The highest BCUT2D eigenvalue weighted by Gasteiger charge is 2.23. The average Bonchev–Trinajstić information content (AvgIpc) is 2.63. The van der Waals surface area contributed by atoms with Crippen molar-refractivity contribution in [2.24, 2.45) is 0 Å². The van der Waals surface area contributed by atoms with Crippen LogP contribution >= 0.6 is 0 Å². The lowest BCUT2D eigenvalue weighted by Crippen LogP contribution is -2.44. The van der Waals surface area contributed by atoms with Gasteiger partial charge in [-0.1, -0.05) is 0 Å². The molecule has 1 amide bonds. The summed E-state index contributed by atoms with van der Waals surface area (Å²) in [5.41, 5.74) is 0. The van der Waals surface area contributed by atoms with Gasteiger partial charge < -0.3 is 24.6 Å². The number of unbranched alkanes of at least 4 members (excludes halogenated alkanes) is 2. The average molecular weight is 431 g/mol. The van der Waals surface area contributed by atoms with E-state index in [4.69, 9.17) is 30.7 Å². The van der Waals surface area contributed by atoms with Crippen LogP contribution in [0.25, 0.3) is 0 Å². The van der Waals surface area contributed by atoms with Crippen LogP contribution in [-0.4, -0.2) is 94.0 Å². The van der Waals surface area contributed by atoms with Gasteiger partial charge in [-0.05, 0) is 25.7 Å². The minimum atomic E-state index is -1.57. The van der Waals surface area contributed by atoms with Crippen molar-refractivity contribution in [3.63, 3.8) is 0 Å². The van der Waals surface area contributed by atoms with Gasteiger partial charge in [-0.15, -0.1) is 0 Å². The van der Waals surface area contributed by atoms with Gasteiger partial charge in [0.2, 0.25) is 0 Å². The van der Waals surface area contributed by atoms with Crippen molar-refractivity contribution >= 4 is 18.2 Å². The number of aliphatic carboxylic acids is 1. The van der Waals surface area contributed by atoms with Gasteiger partial charge in [0, 0.05) is 0 Å². The lowest BCUT2D eigenvalue weighted by atomic mass is 10.3. The van der Waals surface area contributed by atoms with Crippen molar-refractivity contribution in [3.8, 4) is 0 Å². The fourth-order valence-electron chi connectivity index (χ4n) is 1.57. The number of carboxylic acid groups (broad SMARTS) is 1. The molecule has 0 aliphatic heterocycles. The molecule has 0 aromatic heterocycles. The second-order valence-corrected chi connectivity index (χ2v) is 5.17. The van der Waals surface area contributed by atoms with Crippen LogP contribution in [0.1, 0.15) is 25.7 Å². The molecule has 0 bridgehead atoms. The zero-order valence-electron chi connectivity index (χ0n) is 15.3. The molecule has 0 heterocycles. The van der Waals surface area contributed by atoms with Crippen molar-refractivity contribution in [1.82, 2.24) is 16.1 Å². The van der Waals surface area contributed by atoms with E-state index in [2.05, 4.69) is 19.1 Å². The number of carboxylic acids is 1. The summed E-state index contributed by atoms with van der Waals surface area (Å²) in [5.74, 6) is -1.47. The number of alkyl carbamates (subject to hydrolysis) is 1. The summed E-state index contributed by atoms with van der Waals surface area (Å²) in [6.07, 6.45) is -0.924. The number of ether oxygens (including phenoxy) is 3. The molecule has 29 heavy (non-hydrogen) atoms. The Morgan fingerprint density at radius 1 is 0.759 bits per heavy atom. The summed E-state index contributed by atoms with van der Waals surface area (Å²) in [4.78, 5) is 42.5. The fraction of sp³-hybridized carbons (Fsp3) is 0.769. The molecule has 16 nitrogen and oxygen atoms in total. The molecule has 6 N–H and O–H groups in total. The molecule has 0 fully saturated rings. The number of nitrogens with zero attached hydrogens (tertiary/aromatic N) is 2. The van der Waals surface area contributed by atoms with Gasteiger partial charge in [-0.25, -0.2) is 14.4 Å². The lowest BCUT2D eigenvalue weighted by Gasteiger charge is -2.15. The summed E-state index contributed by atoms with van der Waals surface area (Å²) in [6.45, 7) is -0.949. The molecule has 0 spiro atoms. The van der Waals surface area contributed by atoms with Crippen molar-refractivity contribution < 1.29 is 64.2 Å². The quantitative estimate of drug-likeness (QED) is 0.107. The number of amides is 1. The smallest absolute Gasteiger partial charge is 0.480 e. The first-order chi connectivity index (χ1) is 13.7. The molecule has 16 heteroatoms. The molecule has 0 aromatic carbocycles. The highest BCUT2D eigenvalue weighted by Crippen LogP contribution is 1.97. The molecule has 0 radical (unpaired) electrons. The van der Waals surface area contributed by atoms with Gasteiger partial charge in [0.15, 0.2) is 6.04 Å². The maximum absolute atomic E-state index is 11.5. The predicted octanol–water partition coefficient (Wildman–Crippen LogP) is -0.0966. The second kappa shape index (κ2) is 16.6. The summed E-state index contributed by atoms with van der Waals surface area (Å²) >= 11 is 0. The van der Waals surface area contributed by atoms with Gasteiger partial charge in [-0.2, -0.15) is 0 Å². The lowest BCUT2D eigenvalue weighted by molar-refractivity contribution is -0.492. The molecule has 0 aliphatic rings. The monoisotopic (exact) mass is 431 g/mol. The van der Waals surface area contributed by atoms with Crippen LogP contribution < -0.4 is 5.32 Å². The molecule has 0 aromatic rings. The first kappa shape index (κ1) is 26.7. The Hall–Kier alpha value is -2.31. The number of nitrogens with one attached hydrogen (secondary N) is 1. The molecule has 0 aliphatic carbocycles. The summed E-state index contributed by atoms with van der Waals surface area (Å²) in [6, 6.07) is -1.57. The van der Waals surface area contributed by atoms with Crippen LogP contribution in [0.4, 0.5) is 9.59 Å².